The lowest BCUT2D eigenvalue weighted by molar-refractivity contribution is -0.135. The maximum atomic E-state index is 12.2. The zero-order chi connectivity index (χ0) is 12.5. The van der Waals surface area contributed by atoms with Crippen molar-refractivity contribution in [2.45, 2.75) is 45.2 Å². The predicted molar refractivity (Wildman–Crippen MR) is 68.9 cm³/mol. The van der Waals surface area contributed by atoms with Crippen LogP contribution >= 0.6 is 0 Å². The molecule has 98 valence electrons. The van der Waals surface area contributed by atoms with Crippen LogP contribution in [0.3, 0.4) is 0 Å². The lowest BCUT2D eigenvalue weighted by atomic mass is 10.0. The quantitative estimate of drug-likeness (QED) is 0.731. The molecule has 17 heavy (non-hydrogen) atoms. The Morgan fingerprint density at radius 1 is 1.18 bits per heavy atom. The van der Waals surface area contributed by atoms with E-state index in [0.717, 1.165) is 45.6 Å². The molecule has 0 aromatic rings. The second kappa shape index (κ2) is 4.94. The van der Waals surface area contributed by atoms with Crippen molar-refractivity contribution >= 4 is 5.91 Å². The van der Waals surface area contributed by atoms with Crippen LogP contribution in [-0.2, 0) is 4.79 Å². The second-order valence-corrected chi connectivity index (χ2v) is 6.13. The number of carbonyl (C=O) groups is 1. The van der Waals surface area contributed by atoms with Crippen molar-refractivity contribution in [2.75, 3.05) is 32.7 Å². The molecule has 2 rings (SSSR count). The van der Waals surface area contributed by atoms with Gasteiger partial charge in [-0.25, -0.2) is 0 Å². The van der Waals surface area contributed by atoms with Crippen molar-refractivity contribution in [2.24, 2.45) is 0 Å². The average Bonchev–Trinajstić information content (AvgIpc) is 2.80. The van der Waals surface area contributed by atoms with Crippen molar-refractivity contribution < 1.29 is 4.79 Å². The molecule has 2 aliphatic heterocycles. The van der Waals surface area contributed by atoms with Crippen molar-refractivity contribution in [1.82, 2.24) is 15.1 Å². The molecule has 0 unspecified atom stereocenters. The van der Waals surface area contributed by atoms with E-state index in [9.17, 15) is 4.79 Å². The molecular formula is C13H25N3O. The van der Waals surface area contributed by atoms with Crippen LogP contribution in [0.1, 0.15) is 33.6 Å². The number of rotatable bonds is 1. The maximum absolute atomic E-state index is 12.2. The van der Waals surface area contributed by atoms with Gasteiger partial charge in [-0.05, 0) is 40.2 Å². The van der Waals surface area contributed by atoms with Gasteiger partial charge in [-0.2, -0.15) is 0 Å². The highest BCUT2D eigenvalue weighted by Gasteiger charge is 2.31. The minimum absolute atomic E-state index is 0.0937. The zero-order valence-corrected chi connectivity index (χ0v) is 11.3. The number of nitrogens with zero attached hydrogens (tertiary/aromatic N) is 2. The van der Waals surface area contributed by atoms with Crippen LogP contribution in [0.25, 0.3) is 0 Å². The van der Waals surface area contributed by atoms with E-state index in [0.29, 0.717) is 5.91 Å². The van der Waals surface area contributed by atoms with Gasteiger partial charge in [0.15, 0.2) is 0 Å². The molecular weight excluding hydrogens is 214 g/mol. The number of piperazine rings is 1. The number of nitrogens with one attached hydrogen (secondary N) is 1. The summed E-state index contributed by atoms with van der Waals surface area (Å²) in [7, 11) is 0. The van der Waals surface area contributed by atoms with E-state index < -0.39 is 0 Å². The first-order valence-corrected chi connectivity index (χ1v) is 6.76. The molecule has 1 N–H and O–H groups in total. The Hall–Kier alpha value is -0.610. The van der Waals surface area contributed by atoms with Crippen LogP contribution in [0.2, 0.25) is 0 Å². The summed E-state index contributed by atoms with van der Waals surface area (Å²) in [6.07, 6.45) is 2.15. The van der Waals surface area contributed by atoms with Gasteiger partial charge in [0.1, 0.15) is 0 Å². The van der Waals surface area contributed by atoms with Crippen LogP contribution in [-0.4, -0.2) is 60.0 Å². The summed E-state index contributed by atoms with van der Waals surface area (Å²) in [5.41, 5.74) is 0.223. The maximum Gasteiger partial charge on any atom is 0.239 e. The van der Waals surface area contributed by atoms with Gasteiger partial charge in [0, 0.05) is 31.7 Å². The van der Waals surface area contributed by atoms with Gasteiger partial charge in [0.25, 0.3) is 0 Å². The highest BCUT2D eigenvalue weighted by Crippen LogP contribution is 2.17. The molecule has 2 heterocycles. The lowest BCUT2D eigenvalue weighted by Crippen LogP contribution is -2.57. The van der Waals surface area contributed by atoms with Gasteiger partial charge in [-0.3, -0.25) is 9.69 Å². The molecule has 2 aliphatic rings. The first-order valence-electron chi connectivity index (χ1n) is 6.76. The molecule has 4 heteroatoms. The highest BCUT2D eigenvalue weighted by molar-refractivity contribution is 5.82. The van der Waals surface area contributed by atoms with Gasteiger partial charge < -0.3 is 10.2 Å². The highest BCUT2D eigenvalue weighted by atomic mass is 16.2. The van der Waals surface area contributed by atoms with Crippen LogP contribution in [0.5, 0.6) is 0 Å². The smallest absolute Gasteiger partial charge is 0.239 e. The molecule has 0 saturated carbocycles. The van der Waals surface area contributed by atoms with Gasteiger partial charge in [0.2, 0.25) is 5.91 Å². The Bertz CT molecular complexity index is 271. The molecule has 4 nitrogen and oxygen atoms in total. The van der Waals surface area contributed by atoms with Crippen LogP contribution in [0, 0.1) is 0 Å². The van der Waals surface area contributed by atoms with Gasteiger partial charge in [0.05, 0.1) is 6.04 Å². The Morgan fingerprint density at radius 2 is 1.82 bits per heavy atom. The Labute approximate surface area is 104 Å². The molecule has 0 spiro atoms. The molecule has 1 amide bonds. The lowest BCUT2D eigenvalue weighted by Gasteiger charge is -2.42. The first kappa shape index (κ1) is 12.8. The zero-order valence-electron chi connectivity index (χ0n) is 11.3. The van der Waals surface area contributed by atoms with E-state index in [-0.39, 0.29) is 11.6 Å². The first-order chi connectivity index (χ1) is 7.98. The SMILES string of the molecule is CC(C)(C)N1CCN(C(=O)[C@H]2CCCN2)CC1. The summed E-state index contributed by atoms with van der Waals surface area (Å²) in [4.78, 5) is 16.7. The van der Waals surface area contributed by atoms with E-state index in [4.69, 9.17) is 0 Å². The molecule has 2 saturated heterocycles. The largest absolute Gasteiger partial charge is 0.339 e. The fourth-order valence-corrected chi connectivity index (χ4v) is 2.71. The topological polar surface area (TPSA) is 35.6 Å². The van der Waals surface area contributed by atoms with Gasteiger partial charge >= 0.3 is 0 Å². The van der Waals surface area contributed by atoms with Crippen molar-refractivity contribution in [1.29, 1.82) is 0 Å². The van der Waals surface area contributed by atoms with E-state index in [2.05, 4.69) is 31.0 Å². The third-order valence-corrected chi connectivity index (χ3v) is 3.90. The summed E-state index contributed by atoms with van der Waals surface area (Å²) in [6.45, 7) is 11.5. The van der Waals surface area contributed by atoms with Crippen LogP contribution in [0.4, 0.5) is 0 Å². The molecule has 1 atom stereocenters. The second-order valence-electron chi connectivity index (χ2n) is 6.13. The molecule has 0 aromatic heterocycles. The molecule has 0 bridgehead atoms. The fourth-order valence-electron chi connectivity index (χ4n) is 2.71. The van der Waals surface area contributed by atoms with Gasteiger partial charge in [-0.1, -0.05) is 0 Å². The number of hydrogen-bond donors (Lipinski definition) is 1. The predicted octanol–water partition coefficient (Wildman–Crippen LogP) is 0.681. The Morgan fingerprint density at radius 3 is 2.29 bits per heavy atom. The monoisotopic (exact) mass is 239 g/mol. The summed E-state index contributed by atoms with van der Waals surface area (Å²) < 4.78 is 0. The number of hydrogen-bond acceptors (Lipinski definition) is 3. The molecule has 0 radical (unpaired) electrons. The molecule has 0 aromatic carbocycles. The minimum atomic E-state index is 0.0937. The normalized spacial score (nSPS) is 27.5. The molecule has 2 fully saturated rings. The Kier molecular flexibility index (Phi) is 3.73. The number of amides is 1. The average molecular weight is 239 g/mol. The third-order valence-electron chi connectivity index (χ3n) is 3.90. The summed E-state index contributed by atoms with van der Waals surface area (Å²) >= 11 is 0. The molecule has 0 aliphatic carbocycles. The standard InChI is InChI=1S/C13H25N3O/c1-13(2,3)16-9-7-15(8-10-16)12(17)11-5-4-6-14-11/h11,14H,4-10H2,1-3H3/t11-/m1/s1. The van der Waals surface area contributed by atoms with E-state index in [1.165, 1.54) is 0 Å². The van der Waals surface area contributed by atoms with Crippen LogP contribution in [0.15, 0.2) is 0 Å². The van der Waals surface area contributed by atoms with Crippen molar-refractivity contribution in [3.05, 3.63) is 0 Å². The van der Waals surface area contributed by atoms with Crippen molar-refractivity contribution in [3.8, 4) is 0 Å². The van der Waals surface area contributed by atoms with Crippen LogP contribution < -0.4 is 5.32 Å². The summed E-state index contributed by atoms with van der Waals surface area (Å²) in [5, 5.41) is 3.29. The number of carbonyl (C=O) groups excluding carboxylic acids is 1. The third kappa shape index (κ3) is 2.99. The minimum Gasteiger partial charge on any atom is -0.339 e. The fraction of sp³-hybridized carbons (Fsp3) is 0.923. The summed E-state index contributed by atoms with van der Waals surface area (Å²) in [5.74, 6) is 0.316. The van der Waals surface area contributed by atoms with E-state index in [1.54, 1.807) is 0 Å². The van der Waals surface area contributed by atoms with Crippen molar-refractivity contribution in [3.63, 3.8) is 0 Å². The van der Waals surface area contributed by atoms with E-state index >= 15 is 0 Å². The summed E-state index contributed by atoms with van der Waals surface area (Å²) in [6, 6.07) is 0.0937. The van der Waals surface area contributed by atoms with Gasteiger partial charge in [-0.15, -0.1) is 0 Å². The Balaban J connectivity index is 1.84. The van der Waals surface area contributed by atoms with E-state index in [1.807, 2.05) is 4.90 Å².